The zero-order valence-electron chi connectivity index (χ0n) is 15.4. The van der Waals surface area contributed by atoms with Gasteiger partial charge in [-0.05, 0) is 11.4 Å². The Hall–Kier alpha value is -2.40. The molecule has 1 aliphatic rings. The number of rotatable bonds is 4. The van der Waals surface area contributed by atoms with Gasteiger partial charge >= 0.3 is 0 Å². The Morgan fingerprint density at radius 3 is 2.72 bits per heavy atom. The molecule has 0 atom stereocenters. The summed E-state index contributed by atoms with van der Waals surface area (Å²) in [7, 11) is 0. The van der Waals surface area contributed by atoms with E-state index in [1.54, 1.807) is 28.0 Å². The van der Waals surface area contributed by atoms with Crippen LogP contribution in [0.4, 0.5) is 0 Å². The summed E-state index contributed by atoms with van der Waals surface area (Å²) < 4.78 is 1.56. The smallest absolute Gasteiger partial charge is 0.273 e. The number of fused-ring (bicyclic) bond motifs is 1. The maximum absolute atomic E-state index is 12.8. The van der Waals surface area contributed by atoms with Gasteiger partial charge < -0.3 is 4.90 Å². The Morgan fingerprint density at radius 1 is 1.07 bits per heavy atom. The van der Waals surface area contributed by atoms with Crippen molar-refractivity contribution in [2.24, 2.45) is 0 Å². The van der Waals surface area contributed by atoms with Gasteiger partial charge in [0.25, 0.3) is 11.5 Å². The van der Waals surface area contributed by atoms with Crippen molar-refractivity contribution in [3.63, 3.8) is 0 Å². The number of hydrogen-bond donors (Lipinski definition) is 0. The van der Waals surface area contributed by atoms with Gasteiger partial charge in [0.15, 0.2) is 4.96 Å². The van der Waals surface area contributed by atoms with E-state index in [0.717, 1.165) is 29.4 Å². The molecule has 1 amide bonds. The first-order valence-electron chi connectivity index (χ1n) is 9.13. The zero-order valence-corrected chi connectivity index (χ0v) is 17.8. The topological polar surface area (TPSA) is 70.8 Å². The first-order chi connectivity index (χ1) is 14.2. The minimum atomic E-state index is -0.0509. The molecule has 4 aromatic rings. The zero-order chi connectivity index (χ0) is 19.8. The third kappa shape index (κ3) is 3.76. The predicted octanol–water partition coefficient (Wildman–Crippen LogP) is 2.90. The summed E-state index contributed by atoms with van der Waals surface area (Å²) in [5.74, 6) is -0.0150. The molecular weight excluding hydrogens is 426 g/mol. The van der Waals surface area contributed by atoms with Gasteiger partial charge in [0.1, 0.15) is 10.7 Å². The largest absolute Gasteiger partial charge is 0.335 e. The molecule has 0 radical (unpaired) electrons. The molecule has 10 heteroatoms. The molecule has 0 bridgehead atoms. The van der Waals surface area contributed by atoms with Gasteiger partial charge in [-0.3, -0.25) is 18.9 Å². The number of piperazine rings is 1. The highest BCUT2D eigenvalue weighted by molar-refractivity contribution is 7.15. The summed E-state index contributed by atoms with van der Waals surface area (Å²) in [6, 6.07) is 3.61. The van der Waals surface area contributed by atoms with Gasteiger partial charge in [0, 0.05) is 66.7 Å². The van der Waals surface area contributed by atoms with Crippen molar-refractivity contribution in [3.8, 4) is 10.6 Å². The molecule has 1 saturated heterocycles. The standard InChI is InChI=1S/C19H17N5O2S3/c25-16-9-14(20-19-24(16)6-8-28-19)10-22-2-4-23(5-3-22)18(26)15-12-29-17(21-15)13-1-7-27-11-13/h1,6-9,11-12H,2-5,10H2. The molecule has 0 saturated carbocycles. The van der Waals surface area contributed by atoms with E-state index in [1.807, 2.05) is 32.5 Å². The fraction of sp³-hybridized carbons (Fsp3) is 0.263. The molecule has 0 aromatic carbocycles. The maximum Gasteiger partial charge on any atom is 0.273 e. The monoisotopic (exact) mass is 443 g/mol. The van der Waals surface area contributed by atoms with Crippen LogP contribution in [-0.4, -0.2) is 56.3 Å². The van der Waals surface area contributed by atoms with Crippen LogP contribution in [0.2, 0.25) is 0 Å². The summed E-state index contributed by atoms with van der Waals surface area (Å²) in [5.41, 5.74) is 2.31. The van der Waals surface area contributed by atoms with E-state index in [0.29, 0.717) is 30.3 Å². The number of carbonyl (C=O) groups excluding carboxylic acids is 1. The van der Waals surface area contributed by atoms with E-state index in [4.69, 9.17) is 0 Å². The van der Waals surface area contributed by atoms with Crippen molar-refractivity contribution >= 4 is 44.9 Å². The lowest BCUT2D eigenvalue weighted by Crippen LogP contribution is -2.48. The van der Waals surface area contributed by atoms with Crippen LogP contribution in [0.1, 0.15) is 16.2 Å². The normalized spacial score (nSPS) is 15.2. The van der Waals surface area contributed by atoms with Gasteiger partial charge in [0.2, 0.25) is 0 Å². The Bertz CT molecular complexity index is 1200. The molecule has 7 nitrogen and oxygen atoms in total. The van der Waals surface area contributed by atoms with Crippen LogP contribution in [0.15, 0.2) is 44.6 Å². The van der Waals surface area contributed by atoms with Gasteiger partial charge in [-0.15, -0.1) is 22.7 Å². The molecule has 1 fully saturated rings. The van der Waals surface area contributed by atoms with Crippen molar-refractivity contribution in [2.75, 3.05) is 26.2 Å². The highest BCUT2D eigenvalue weighted by Gasteiger charge is 2.24. The number of nitrogens with zero attached hydrogens (tertiary/aromatic N) is 5. The van der Waals surface area contributed by atoms with Crippen LogP contribution < -0.4 is 5.56 Å². The number of hydrogen-bond acceptors (Lipinski definition) is 8. The van der Waals surface area contributed by atoms with Gasteiger partial charge in [-0.2, -0.15) is 11.3 Å². The van der Waals surface area contributed by atoms with Crippen LogP contribution in [0.3, 0.4) is 0 Å². The predicted molar refractivity (Wildman–Crippen MR) is 116 cm³/mol. The van der Waals surface area contributed by atoms with E-state index in [-0.39, 0.29) is 11.5 Å². The van der Waals surface area contributed by atoms with Gasteiger partial charge in [-0.25, -0.2) is 9.97 Å². The number of aromatic nitrogens is 3. The average Bonchev–Trinajstić information content (AvgIpc) is 3.48. The third-order valence-corrected chi connectivity index (χ3v) is 7.22. The van der Waals surface area contributed by atoms with Crippen LogP contribution in [0.25, 0.3) is 15.5 Å². The molecule has 0 N–H and O–H groups in total. The van der Waals surface area contributed by atoms with Crippen molar-refractivity contribution in [3.05, 3.63) is 61.6 Å². The molecule has 0 aliphatic carbocycles. The van der Waals surface area contributed by atoms with Crippen molar-refractivity contribution in [1.29, 1.82) is 0 Å². The summed E-state index contributed by atoms with van der Waals surface area (Å²) in [6.45, 7) is 3.40. The van der Waals surface area contributed by atoms with Crippen LogP contribution in [0, 0.1) is 0 Å². The quantitative estimate of drug-likeness (QED) is 0.485. The number of amides is 1. The van der Waals surface area contributed by atoms with E-state index in [2.05, 4.69) is 14.9 Å². The molecule has 4 aromatic heterocycles. The summed E-state index contributed by atoms with van der Waals surface area (Å²) >= 11 is 4.58. The highest BCUT2D eigenvalue weighted by atomic mass is 32.1. The van der Waals surface area contributed by atoms with Crippen LogP contribution >= 0.6 is 34.0 Å². The molecule has 148 valence electrons. The van der Waals surface area contributed by atoms with E-state index in [9.17, 15) is 9.59 Å². The Balaban J connectivity index is 1.22. The summed E-state index contributed by atoms with van der Waals surface area (Å²) in [5, 5.41) is 8.64. The second-order valence-corrected chi connectivity index (χ2v) is 9.27. The maximum atomic E-state index is 12.8. The highest BCUT2D eigenvalue weighted by Crippen LogP contribution is 2.26. The van der Waals surface area contributed by atoms with Crippen LogP contribution in [-0.2, 0) is 6.54 Å². The number of thiazole rings is 2. The lowest BCUT2D eigenvalue weighted by molar-refractivity contribution is 0.0622. The molecule has 5 rings (SSSR count). The third-order valence-electron chi connectivity index (χ3n) is 4.89. The van der Waals surface area contributed by atoms with E-state index >= 15 is 0 Å². The van der Waals surface area contributed by atoms with Crippen molar-refractivity contribution in [2.45, 2.75) is 6.54 Å². The number of carbonyl (C=O) groups is 1. The molecule has 1 aliphatic heterocycles. The van der Waals surface area contributed by atoms with Crippen molar-refractivity contribution < 1.29 is 4.79 Å². The lowest BCUT2D eigenvalue weighted by Gasteiger charge is -2.34. The lowest BCUT2D eigenvalue weighted by atomic mass is 10.2. The first-order valence-corrected chi connectivity index (χ1v) is 11.8. The molecular formula is C19H17N5O2S3. The summed E-state index contributed by atoms with van der Waals surface area (Å²) in [6.07, 6.45) is 1.74. The average molecular weight is 444 g/mol. The fourth-order valence-electron chi connectivity index (χ4n) is 3.36. The molecule has 29 heavy (non-hydrogen) atoms. The van der Waals surface area contributed by atoms with E-state index < -0.39 is 0 Å². The second kappa shape index (κ2) is 7.79. The second-order valence-electron chi connectivity index (χ2n) is 6.76. The Labute approximate surface area is 178 Å². The minimum Gasteiger partial charge on any atom is -0.335 e. The van der Waals surface area contributed by atoms with Crippen LogP contribution in [0.5, 0.6) is 0 Å². The fourth-order valence-corrected chi connectivity index (χ4v) is 5.60. The molecule has 0 spiro atoms. The number of thiophene rings is 1. The van der Waals surface area contributed by atoms with Gasteiger partial charge in [0.05, 0.1) is 5.69 Å². The minimum absolute atomic E-state index is 0.0150. The SMILES string of the molecule is O=C(c1csc(-c2ccsc2)n1)N1CCN(Cc2cc(=O)n3ccsc3n2)CC1. The summed E-state index contributed by atoms with van der Waals surface area (Å²) in [4.78, 5) is 38.8. The first kappa shape index (κ1) is 18.6. The molecule has 5 heterocycles. The van der Waals surface area contributed by atoms with Crippen molar-refractivity contribution in [1.82, 2.24) is 24.2 Å². The molecule has 0 unspecified atom stereocenters. The van der Waals surface area contributed by atoms with Gasteiger partial charge in [-0.1, -0.05) is 0 Å². The Kier molecular flexibility index (Phi) is 5.00. The Morgan fingerprint density at radius 2 is 1.93 bits per heavy atom. The van der Waals surface area contributed by atoms with E-state index in [1.165, 1.54) is 22.7 Å².